The molecule has 0 saturated carbocycles. The van der Waals surface area contributed by atoms with Crippen LogP contribution in [0.1, 0.15) is 17.4 Å². The van der Waals surface area contributed by atoms with Gasteiger partial charge in [-0.25, -0.2) is 0 Å². The first kappa shape index (κ1) is 16.2. The van der Waals surface area contributed by atoms with Crippen LogP contribution in [0.4, 0.5) is 13.2 Å². The second-order valence-corrected chi connectivity index (χ2v) is 5.17. The highest BCUT2D eigenvalue weighted by Crippen LogP contribution is 2.42. The van der Waals surface area contributed by atoms with E-state index in [1.54, 1.807) is 18.2 Å². The summed E-state index contributed by atoms with van der Waals surface area (Å²) >= 11 is 0. The Bertz CT molecular complexity index is 829. The summed E-state index contributed by atoms with van der Waals surface area (Å²) in [5, 5.41) is 13.8. The van der Waals surface area contributed by atoms with Crippen molar-refractivity contribution in [3.63, 3.8) is 0 Å². The number of halogens is 3. The molecule has 0 unspecified atom stereocenters. The minimum atomic E-state index is -4.99. The van der Waals surface area contributed by atoms with Gasteiger partial charge in [-0.05, 0) is 31.2 Å². The van der Waals surface area contributed by atoms with E-state index in [1.165, 1.54) is 19.2 Å². The number of alkyl halides is 3. The molecule has 3 heterocycles. The van der Waals surface area contributed by atoms with Crippen molar-refractivity contribution in [2.45, 2.75) is 25.1 Å². The lowest BCUT2D eigenvalue weighted by molar-refractivity contribution is -0.273. The molecule has 6 nitrogen and oxygen atoms in total. The lowest BCUT2D eigenvalue weighted by Crippen LogP contribution is -2.44. The maximum Gasteiger partial charge on any atom is 0.425 e. The monoisotopic (exact) mass is 339 g/mol. The van der Waals surface area contributed by atoms with Crippen molar-refractivity contribution in [2.24, 2.45) is 0 Å². The van der Waals surface area contributed by atoms with Crippen LogP contribution in [0.25, 0.3) is 11.5 Å². The van der Waals surface area contributed by atoms with Crippen LogP contribution in [0.5, 0.6) is 0 Å². The summed E-state index contributed by atoms with van der Waals surface area (Å²) in [6.07, 6.45) is -4.47. The van der Waals surface area contributed by atoms with E-state index in [0.29, 0.717) is 5.69 Å². The fourth-order valence-corrected chi connectivity index (χ4v) is 2.13. The summed E-state index contributed by atoms with van der Waals surface area (Å²) in [5.41, 5.74) is -2.92. The molecule has 0 aliphatic heterocycles. The van der Waals surface area contributed by atoms with Gasteiger partial charge in [0, 0.05) is 6.20 Å². The summed E-state index contributed by atoms with van der Waals surface area (Å²) in [4.78, 5) is 7.85. The maximum atomic E-state index is 13.4. The minimum absolute atomic E-state index is 0.0331. The predicted molar refractivity (Wildman–Crippen MR) is 74.6 cm³/mol. The van der Waals surface area contributed by atoms with Gasteiger partial charge < -0.3 is 14.0 Å². The van der Waals surface area contributed by atoms with E-state index in [-0.39, 0.29) is 17.5 Å². The molecule has 0 radical (unpaired) electrons. The Morgan fingerprint density at radius 3 is 2.54 bits per heavy atom. The standard InChI is InChI=1S/C15H12F3N3O3/c1-9-5-6-11(23-9)14(22,15(16,17)18)8-12-20-13(21-24-12)10-4-2-3-7-19-10/h2-7,22H,8H2,1H3/t14-/m1/s1. The third kappa shape index (κ3) is 2.90. The zero-order valence-electron chi connectivity index (χ0n) is 12.4. The normalized spacial score (nSPS) is 14.5. The van der Waals surface area contributed by atoms with Gasteiger partial charge in [0.05, 0.1) is 6.42 Å². The van der Waals surface area contributed by atoms with Gasteiger partial charge in [-0.2, -0.15) is 18.2 Å². The van der Waals surface area contributed by atoms with Gasteiger partial charge in [0.25, 0.3) is 0 Å². The zero-order chi connectivity index (χ0) is 17.4. The summed E-state index contributed by atoms with van der Waals surface area (Å²) in [6, 6.07) is 7.33. The van der Waals surface area contributed by atoms with Crippen molar-refractivity contribution in [1.82, 2.24) is 15.1 Å². The minimum Gasteiger partial charge on any atom is -0.463 e. The number of aliphatic hydroxyl groups is 1. The van der Waals surface area contributed by atoms with E-state index in [1.807, 2.05) is 0 Å². The van der Waals surface area contributed by atoms with E-state index < -0.39 is 24.0 Å². The smallest absolute Gasteiger partial charge is 0.425 e. The van der Waals surface area contributed by atoms with Gasteiger partial charge in [0.15, 0.2) is 0 Å². The molecule has 0 aliphatic carbocycles. The van der Waals surface area contributed by atoms with Crippen molar-refractivity contribution in [1.29, 1.82) is 0 Å². The molecule has 3 aromatic rings. The van der Waals surface area contributed by atoms with E-state index in [0.717, 1.165) is 6.07 Å². The van der Waals surface area contributed by atoms with E-state index in [2.05, 4.69) is 15.1 Å². The second-order valence-electron chi connectivity index (χ2n) is 5.17. The van der Waals surface area contributed by atoms with Crippen molar-refractivity contribution in [3.8, 4) is 11.5 Å². The quantitative estimate of drug-likeness (QED) is 0.786. The Morgan fingerprint density at radius 1 is 1.17 bits per heavy atom. The summed E-state index contributed by atoms with van der Waals surface area (Å²) in [7, 11) is 0. The van der Waals surface area contributed by atoms with Crippen LogP contribution in [0.2, 0.25) is 0 Å². The molecule has 126 valence electrons. The first-order chi connectivity index (χ1) is 11.3. The molecule has 0 spiro atoms. The van der Waals surface area contributed by atoms with Gasteiger partial charge in [-0.15, -0.1) is 0 Å². The first-order valence-corrected chi connectivity index (χ1v) is 6.89. The summed E-state index contributed by atoms with van der Waals surface area (Å²) < 4.78 is 50.0. The first-order valence-electron chi connectivity index (χ1n) is 6.89. The molecule has 0 bridgehead atoms. The topological polar surface area (TPSA) is 85.2 Å². The number of hydrogen-bond donors (Lipinski definition) is 1. The number of aromatic nitrogens is 3. The fourth-order valence-electron chi connectivity index (χ4n) is 2.13. The fraction of sp³-hybridized carbons (Fsp3) is 0.267. The average Bonchev–Trinajstić information content (AvgIpc) is 3.16. The molecule has 1 atom stereocenters. The highest BCUT2D eigenvalue weighted by Gasteiger charge is 2.58. The Morgan fingerprint density at radius 2 is 1.96 bits per heavy atom. The van der Waals surface area contributed by atoms with Crippen LogP contribution in [-0.2, 0) is 12.0 Å². The molecule has 24 heavy (non-hydrogen) atoms. The molecule has 3 aromatic heterocycles. The Kier molecular flexibility index (Phi) is 3.88. The molecule has 0 aliphatic rings. The molecule has 3 rings (SSSR count). The number of hydrogen-bond acceptors (Lipinski definition) is 6. The van der Waals surface area contributed by atoms with Gasteiger partial charge >= 0.3 is 6.18 Å². The lowest BCUT2D eigenvalue weighted by Gasteiger charge is -2.26. The molecular formula is C15H12F3N3O3. The van der Waals surface area contributed by atoms with Crippen LogP contribution in [0.3, 0.4) is 0 Å². The highest BCUT2D eigenvalue weighted by atomic mass is 19.4. The largest absolute Gasteiger partial charge is 0.463 e. The zero-order valence-corrected chi connectivity index (χ0v) is 12.4. The number of pyridine rings is 1. The Balaban J connectivity index is 1.93. The molecule has 0 saturated heterocycles. The number of nitrogens with zero attached hydrogens (tertiary/aromatic N) is 3. The summed E-state index contributed by atoms with van der Waals surface area (Å²) in [5.74, 6) is -0.743. The molecule has 0 aromatic carbocycles. The highest BCUT2D eigenvalue weighted by molar-refractivity contribution is 5.47. The van der Waals surface area contributed by atoms with Crippen LogP contribution in [-0.4, -0.2) is 26.4 Å². The third-order valence-electron chi connectivity index (χ3n) is 3.39. The summed E-state index contributed by atoms with van der Waals surface area (Å²) in [6.45, 7) is 1.48. The SMILES string of the molecule is Cc1ccc([C@](O)(Cc2nc(-c3ccccn3)no2)C(F)(F)F)o1. The molecule has 0 amide bonds. The van der Waals surface area contributed by atoms with E-state index in [9.17, 15) is 18.3 Å². The van der Waals surface area contributed by atoms with Crippen molar-refractivity contribution in [2.75, 3.05) is 0 Å². The average molecular weight is 339 g/mol. The van der Waals surface area contributed by atoms with Crippen molar-refractivity contribution >= 4 is 0 Å². The molecule has 0 fully saturated rings. The third-order valence-corrected chi connectivity index (χ3v) is 3.39. The number of rotatable bonds is 4. The predicted octanol–water partition coefficient (Wildman–Crippen LogP) is 3.03. The second kappa shape index (κ2) is 5.75. The van der Waals surface area contributed by atoms with Crippen LogP contribution in [0.15, 0.2) is 45.5 Å². The Hall–Kier alpha value is -2.68. The van der Waals surface area contributed by atoms with E-state index >= 15 is 0 Å². The van der Waals surface area contributed by atoms with Crippen LogP contribution >= 0.6 is 0 Å². The van der Waals surface area contributed by atoms with Gasteiger partial charge in [0.2, 0.25) is 17.3 Å². The van der Waals surface area contributed by atoms with E-state index in [4.69, 9.17) is 8.94 Å². The van der Waals surface area contributed by atoms with Gasteiger partial charge in [-0.1, -0.05) is 11.2 Å². The number of furan rings is 1. The van der Waals surface area contributed by atoms with Crippen LogP contribution < -0.4 is 0 Å². The molecular weight excluding hydrogens is 327 g/mol. The Labute approximate surface area is 133 Å². The molecule has 9 heteroatoms. The van der Waals surface area contributed by atoms with Crippen molar-refractivity contribution in [3.05, 3.63) is 53.9 Å². The lowest BCUT2D eigenvalue weighted by atomic mass is 9.95. The van der Waals surface area contributed by atoms with Crippen LogP contribution in [0, 0.1) is 6.92 Å². The van der Waals surface area contributed by atoms with Gasteiger partial charge in [0.1, 0.15) is 17.2 Å². The number of aryl methyl sites for hydroxylation is 1. The maximum absolute atomic E-state index is 13.4. The molecule has 1 N–H and O–H groups in total. The van der Waals surface area contributed by atoms with Gasteiger partial charge in [-0.3, -0.25) is 4.98 Å². The van der Waals surface area contributed by atoms with Crippen molar-refractivity contribution < 1.29 is 27.2 Å².